The van der Waals surface area contributed by atoms with E-state index in [0.29, 0.717) is 11.3 Å². The molecular weight excluding hydrogens is 382 g/mol. The maximum Gasteiger partial charge on any atom is 0.135 e. The van der Waals surface area contributed by atoms with Crippen molar-refractivity contribution in [1.82, 2.24) is 0 Å². The zero-order valence-electron chi connectivity index (χ0n) is 15.5. The number of aryl methyl sites for hydroxylation is 1. The molecule has 0 bridgehead atoms. The molecule has 2 heterocycles. The third-order valence-corrected chi connectivity index (χ3v) is 7.04. The molecule has 0 saturated heterocycles. The van der Waals surface area contributed by atoms with Crippen LogP contribution in [-0.2, 0) is 6.42 Å². The molecule has 0 N–H and O–H groups in total. The number of rotatable bonds is 4. The molecule has 2 aromatic heterocycles. The molecule has 0 amide bonds. The van der Waals surface area contributed by atoms with Crippen LogP contribution in [0.5, 0.6) is 0 Å². The van der Waals surface area contributed by atoms with Crippen LogP contribution in [0.25, 0.3) is 19.8 Å². The minimum absolute atomic E-state index is 0.0911. The average Bonchev–Trinajstić information content (AvgIpc) is 3.08. The Hall–Kier alpha value is -1.48. The van der Waals surface area contributed by atoms with Gasteiger partial charge in [0.2, 0.25) is 0 Å². The highest BCUT2D eigenvalue weighted by Crippen LogP contribution is 2.40. The van der Waals surface area contributed by atoms with Crippen LogP contribution in [-0.4, -0.2) is 8.07 Å². The summed E-state index contributed by atoms with van der Waals surface area (Å²) in [6, 6.07) is 6.88. The molecule has 0 aliphatic carbocycles. The Morgan fingerprint density at radius 1 is 0.962 bits per heavy atom. The molecule has 0 aliphatic heterocycles. The maximum atomic E-state index is 14.5. The minimum atomic E-state index is -1.41. The molecule has 0 radical (unpaired) electrons. The summed E-state index contributed by atoms with van der Waals surface area (Å²) in [7, 11) is -1.41. The van der Waals surface area contributed by atoms with Crippen LogP contribution < -0.4 is 0 Å². The van der Waals surface area contributed by atoms with Gasteiger partial charge in [-0.3, -0.25) is 0 Å². The van der Waals surface area contributed by atoms with Crippen LogP contribution in [0.2, 0.25) is 19.6 Å². The van der Waals surface area contributed by atoms with E-state index in [4.69, 9.17) is 0 Å². The number of hydrogen-bond acceptors (Lipinski definition) is 2. The van der Waals surface area contributed by atoms with Gasteiger partial charge >= 0.3 is 0 Å². The van der Waals surface area contributed by atoms with E-state index in [-0.39, 0.29) is 5.56 Å². The van der Waals surface area contributed by atoms with Crippen molar-refractivity contribution in [3.05, 3.63) is 46.3 Å². The lowest BCUT2D eigenvalue weighted by atomic mass is 10.0. The van der Waals surface area contributed by atoms with Crippen LogP contribution in [0.1, 0.15) is 30.2 Å². The molecule has 5 heteroatoms. The van der Waals surface area contributed by atoms with Gasteiger partial charge < -0.3 is 0 Å². The second-order valence-electron chi connectivity index (χ2n) is 7.49. The van der Waals surface area contributed by atoms with Gasteiger partial charge in [0.15, 0.2) is 0 Å². The molecule has 0 saturated carbocycles. The molecule has 0 unspecified atom stereocenters. The largest absolute Gasteiger partial charge is 0.206 e. The number of hydrogen-bond donors (Lipinski definition) is 0. The second-order valence-corrected chi connectivity index (χ2v) is 14.4. The van der Waals surface area contributed by atoms with Crippen molar-refractivity contribution < 1.29 is 8.78 Å². The molecular formula is C21H22F2S2Si. The Balaban J connectivity index is 1.93. The fourth-order valence-corrected chi connectivity index (χ4v) is 5.55. The van der Waals surface area contributed by atoms with Crippen LogP contribution in [0.4, 0.5) is 8.78 Å². The second kappa shape index (κ2) is 7.64. The Bertz CT molecular complexity index is 942. The first-order chi connectivity index (χ1) is 12.3. The molecule has 1 aromatic carbocycles. The van der Waals surface area contributed by atoms with Gasteiger partial charge in [0, 0.05) is 14.3 Å². The zero-order chi connectivity index (χ0) is 18.9. The first-order valence-corrected chi connectivity index (χ1v) is 13.9. The van der Waals surface area contributed by atoms with Crippen molar-refractivity contribution >= 4 is 40.1 Å². The summed E-state index contributed by atoms with van der Waals surface area (Å²) in [6.07, 6.45) is 2.66. The Morgan fingerprint density at radius 2 is 1.62 bits per heavy atom. The summed E-state index contributed by atoms with van der Waals surface area (Å²) in [5.41, 5.74) is 4.18. The van der Waals surface area contributed by atoms with Gasteiger partial charge in [0.25, 0.3) is 0 Å². The van der Waals surface area contributed by atoms with Gasteiger partial charge in [-0.05, 0) is 42.7 Å². The number of halogens is 2. The maximum absolute atomic E-state index is 14.5. The van der Waals surface area contributed by atoms with Crippen LogP contribution >= 0.6 is 22.7 Å². The van der Waals surface area contributed by atoms with Gasteiger partial charge in [-0.2, -0.15) is 0 Å². The van der Waals surface area contributed by atoms with E-state index in [1.807, 2.05) is 12.1 Å². The van der Waals surface area contributed by atoms with E-state index in [1.165, 1.54) is 23.5 Å². The van der Waals surface area contributed by atoms with Crippen LogP contribution in [0, 0.1) is 23.1 Å². The van der Waals surface area contributed by atoms with E-state index >= 15 is 0 Å². The number of thiophene rings is 2. The van der Waals surface area contributed by atoms with E-state index < -0.39 is 19.7 Å². The Kier molecular flexibility index (Phi) is 5.66. The van der Waals surface area contributed by atoms with Crippen molar-refractivity contribution in [2.75, 3.05) is 0 Å². The van der Waals surface area contributed by atoms with Gasteiger partial charge in [-0.15, -0.1) is 28.2 Å². The number of fused-ring (bicyclic) bond motifs is 1. The highest BCUT2D eigenvalue weighted by molar-refractivity contribution is 7.29. The van der Waals surface area contributed by atoms with E-state index in [1.54, 1.807) is 11.3 Å². The highest BCUT2D eigenvalue weighted by atomic mass is 32.1. The van der Waals surface area contributed by atoms with Crippen LogP contribution in [0.15, 0.2) is 24.3 Å². The predicted molar refractivity (Wildman–Crippen MR) is 114 cm³/mol. The highest BCUT2D eigenvalue weighted by Gasteiger charge is 2.17. The molecule has 0 fully saturated rings. The molecule has 0 spiro atoms. The smallest absolute Gasteiger partial charge is 0.135 e. The molecule has 3 aromatic rings. The predicted octanol–water partition coefficient (Wildman–Crippen LogP) is 7.48. The van der Waals surface area contributed by atoms with Crippen molar-refractivity contribution in [1.29, 1.82) is 0 Å². The minimum Gasteiger partial charge on any atom is -0.206 e. The quantitative estimate of drug-likeness (QED) is 0.312. The summed E-state index contributed by atoms with van der Waals surface area (Å²) in [5.74, 6) is 2.32. The topological polar surface area (TPSA) is 0 Å². The van der Waals surface area contributed by atoms with E-state index in [2.05, 4.69) is 38.0 Å². The summed E-state index contributed by atoms with van der Waals surface area (Å²) in [4.78, 5) is 1.67. The number of benzene rings is 1. The summed E-state index contributed by atoms with van der Waals surface area (Å²) >= 11 is 3.02. The van der Waals surface area contributed by atoms with Gasteiger partial charge in [0.05, 0.1) is 10.4 Å². The van der Waals surface area contributed by atoms with Crippen molar-refractivity contribution in [3.8, 4) is 21.9 Å². The molecule has 0 nitrogen and oxygen atoms in total. The molecule has 0 atom stereocenters. The fourth-order valence-electron chi connectivity index (χ4n) is 2.66. The Labute approximate surface area is 162 Å². The third-order valence-electron chi connectivity index (χ3n) is 3.94. The van der Waals surface area contributed by atoms with Gasteiger partial charge in [-0.25, -0.2) is 8.78 Å². The van der Waals surface area contributed by atoms with Gasteiger partial charge in [-0.1, -0.05) is 38.9 Å². The van der Waals surface area contributed by atoms with E-state index in [0.717, 1.165) is 32.7 Å². The lowest BCUT2D eigenvalue weighted by Gasteiger charge is -2.06. The molecule has 0 aliphatic rings. The third kappa shape index (κ3) is 4.43. The van der Waals surface area contributed by atoms with Crippen LogP contribution in [0.3, 0.4) is 0 Å². The van der Waals surface area contributed by atoms with Gasteiger partial charge in [0.1, 0.15) is 19.7 Å². The molecule has 3 rings (SSSR count). The lowest BCUT2D eigenvalue weighted by Crippen LogP contribution is -2.16. The standard InChI is InChI=1S/C21H22F2S2Si/c1-5-6-7-14-10-16(22)21(17(23)11-14)20-13-19-18(25-20)12-15(24-19)8-9-26(2,3)4/h10-13H,5-7H2,1-4H3. The first kappa shape index (κ1) is 19.3. The summed E-state index contributed by atoms with van der Waals surface area (Å²) in [6.45, 7) is 8.71. The van der Waals surface area contributed by atoms with Crippen molar-refractivity contribution in [3.63, 3.8) is 0 Å². The van der Waals surface area contributed by atoms with Crippen molar-refractivity contribution in [2.45, 2.75) is 45.8 Å². The average molecular weight is 405 g/mol. The SMILES string of the molecule is CCCCc1cc(F)c(-c2cc3sc(C#C[Si](C)(C)C)cc3s2)c(F)c1. The zero-order valence-corrected chi connectivity index (χ0v) is 18.1. The first-order valence-electron chi connectivity index (χ1n) is 8.81. The fraction of sp³-hybridized carbons (Fsp3) is 0.333. The normalized spacial score (nSPS) is 11.6. The molecule has 136 valence electrons. The monoisotopic (exact) mass is 404 g/mol. The van der Waals surface area contributed by atoms with Crippen molar-refractivity contribution in [2.24, 2.45) is 0 Å². The molecule has 26 heavy (non-hydrogen) atoms. The lowest BCUT2D eigenvalue weighted by molar-refractivity contribution is 0.585. The Morgan fingerprint density at radius 3 is 2.19 bits per heavy atom. The summed E-state index contributed by atoms with van der Waals surface area (Å²) < 4.78 is 31.2. The van der Waals surface area contributed by atoms with E-state index in [9.17, 15) is 8.78 Å². The number of unbranched alkanes of at least 4 members (excludes halogenated alkanes) is 1. The summed E-state index contributed by atoms with van der Waals surface area (Å²) in [5, 5.41) is 0.